The number of para-hydroxylation sites is 1. The summed E-state index contributed by atoms with van der Waals surface area (Å²) in [5.41, 5.74) is 4.34. The quantitative estimate of drug-likeness (QED) is 0.822. The van der Waals surface area contributed by atoms with Gasteiger partial charge in [0.05, 0.1) is 6.61 Å². The zero-order valence-corrected chi connectivity index (χ0v) is 11.3. The number of aryl methyl sites for hydroxylation is 1. The molecule has 0 aliphatic heterocycles. The summed E-state index contributed by atoms with van der Waals surface area (Å²) in [5, 5.41) is 0. The minimum atomic E-state index is -0.316. The maximum absolute atomic E-state index is 11.6. The van der Waals surface area contributed by atoms with Gasteiger partial charge in [0.2, 0.25) is 0 Å². The molecule has 20 heavy (non-hydrogen) atoms. The molecular formula is C16H17NO3. The van der Waals surface area contributed by atoms with E-state index in [0.29, 0.717) is 12.4 Å². The first-order valence-corrected chi connectivity index (χ1v) is 6.38. The van der Waals surface area contributed by atoms with E-state index in [1.54, 1.807) is 0 Å². The highest BCUT2D eigenvalue weighted by atomic mass is 16.7. The molecule has 4 nitrogen and oxygen atoms in total. The summed E-state index contributed by atoms with van der Waals surface area (Å²) >= 11 is 0. The lowest BCUT2D eigenvalue weighted by molar-refractivity contribution is -0.136. The second-order valence-electron chi connectivity index (χ2n) is 4.35. The molecule has 0 atom stereocenters. The monoisotopic (exact) mass is 271 g/mol. The fourth-order valence-electron chi connectivity index (χ4n) is 1.67. The molecule has 0 radical (unpaired) electrons. The summed E-state index contributed by atoms with van der Waals surface area (Å²) in [4.78, 5) is 16.7. The van der Waals surface area contributed by atoms with Gasteiger partial charge in [-0.15, -0.1) is 0 Å². The van der Waals surface area contributed by atoms with Crippen molar-refractivity contribution in [3.05, 3.63) is 65.7 Å². The van der Waals surface area contributed by atoms with Gasteiger partial charge >= 0.3 is 0 Å². The van der Waals surface area contributed by atoms with Gasteiger partial charge in [-0.25, -0.2) is 5.48 Å². The first kappa shape index (κ1) is 14.1. The molecule has 0 aliphatic rings. The number of carbonyl (C=O) groups excluding carboxylic acids is 1. The number of hydrogen-bond acceptors (Lipinski definition) is 3. The molecule has 4 heteroatoms. The van der Waals surface area contributed by atoms with Crippen LogP contribution in [-0.4, -0.2) is 12.5 Å². The molecule has 0 saturated carbocycles. The fourth-order valence-corrected chi connectivity index (χ4v) is 1.67. The smallest absolute Gasteiger partial charge is 0.281 e. The van der Waals surface area contributed by atoms with Crippen molar-refractivity contribution in [1.29, 1.82) is 0 Å². The number of carbonyl (C=O) groups is 1. The van der Waals surface area contributed by atoms with Crippen LogP contribution in [0.2, 0.25) is 0 Å². The summed E-state index contributed by atoms with van der Waals surface area (Å²) in [6.07, 6.45) is 0. The molecule has 0 fully saturated rings. The number of ether oxygens (including phenoxy) is 1. The molecule has 0 aliphatic carbocycles. The molecule has 2 rings (SSSR count). The molecular weight excluding hydrogens is 254 g/mol. The Morgan fingerprint density at radius 3 is 2.50 bits per heavy atom. The molecule has 1 N–H and O–H groups in total. The number of benzene rings is 2. The first-order valence-electron chi connectivity index (χ1n) is 6.38. The van der Waals surface area contributed by atoms with E-state index in [1.165, 1.54) is 0 Å². The third kappa shape index (κ3) is 4.40. The van der Waals surface area contributed by atoms with Crippen molar-refractivity contribution in [2.75, 3.05) is 6.61 Å². The molecule has 104 valence electrons. The van der Waals surface area contributed by atoms with Crippen LogP contribution >= 0.6 is 0 Å². The van der Waals surface area contributed by atoms with E-state index >= 15 is 0 Å². The average molecular weight is 271 g/mol. The van der Waals surface area contributed by atoms with Crippen molar-refractivity contribution in [3.8, 4) is 5.75 Å². The summed E-state index contributed by atoms with van der Waals surface area (Å²) in [6, 6.07) is 17.2. The highest BCUT2D eigenvalue weighted by Crippen LogP contribution is 2.15. The lowest BCUT2D eigenvalue weighted by atomic mass is 10.2. The maximum Gasteiger partial charge on any atom is 0.281 e. The predicted molar refractivity (Wildman–Crippen MR) is 76.0 cm³/mol. The summed E-state index contributed by atoms with van der Waals surface area (Å²) in [6.45, 7) is 2.19. The predicted octanol–water partition coefficient (Wildman–Crippen LogP) is 2.62. The third-order valence-electron chi connectivity index (χ3n) is 2.72. The zero-order valence-electron chi connectivity index (χ0n) is 11.3. The van der Waals surface area contributed by atoms with Gasteiger partial charge in [0.25, 0.3) is 5.91 Å². The van der Waals surface area contributed by atoms with Crippen molar-refractivity contribution < 1.29 is 14.4 Å². The third-order valence-corrected chi connectivity index (χ3v) is 2.72. The number of nitrogens with one attached hydrogen (secondary N) is 1. The Bertz CT molecular complexity index is 555. The summed E-state index contributed by atoms with van der Waals surface area (Å²) < 4.78 is 5.41. The number of rotatable bonds is 6. The van der Waals surface area contributed by atoms with Gasteiger partial charge in [-0.2, -0.15) is 0 Å². The Labute approximate surface area is 118 Å². The van der Waals surface area contributed by atoms with E-state index < -0.39 is 0 Å². The minimum absolute atomic E-state index is 0.0698. The highest BCUT2D eigenvalue weighted by molar-refractivity contribution is 5.76. The fraction of sp³-hybridized carbons (Fsp3) is 0.188. The Hall–Kier alpha value is -2.33. The Kier molecular flexibility index (Phi) is 5.15. The minimum Gasteiger partial charge on any atom is -0.483 e. The molecule has 0 spiro atoms. The molecule has 2 aromatic carbocycles. The molecule has 0 heterocycles. The van der Waals surface area contributed by atoms with E-state index in [0.717, 1.165) is 11.1 Å². The van der Waals surface area contributed by atoms with Crippen molar-refractivity contribution in [1.82, 2.24) is 5.48 Å². The Morgan fingerprint density at radius 1 is 1.05 bits per heavy atom. The van der Waals surface area contributed by atoms with E-state index in [9.17, 15) is 4.79 Å². The van der Waals surface area contributed by atoms with Crippen molar-refractivity contribution in [3.63, 3.8) is 0 Å². The normalized spacial score (nSPS) is 10.1. The average Bonchev–Trinajstić information content (AvgIpc) is 2.47. The summed E-state index contributed by atoms with van der Waals surface area (Å²) in [7, 11) is 0. The van der Waals surface area contributed by atoms with Crippen LogP contribution in [0.3, 0.4) is 0 Å². The van der Waals surface area contributed by atoms with Crippen molar-refractivity contribution in [2.45, 2.75) is 13.5 Å². The number of hydrogen-bond donors (Lipinski definition) is 1. The van der Waals surface area contributed by atoms with Gasteiger partial charge < -0.3 is 4.74 Å². The van der Waals surface area contributed by atoms with Gasteiger partial charge in [-0.05, 0) is 24.1 Å². The second kappa shape index (κ2) is 7.31. The molecule has 0 bridgehead atoms. The lowest BCUT2D eigenvalue weighted by Crippen LogP contribution is -2.29. The van der Waals surface area contributed by atoms with Gasteiger partial charge in [0.1, 0.15) is 5.75 Å². The van der Waals surface area contributed by atoms with E-state index in [2.05, 4.69) is 5.48 Å². The van der Waals surface area contributed by atoms with Gasteiger partial charge in [-0.3, -0.25) is 9.63 Å². The Balaban J connectivity index is 1.70. The van der Waals surface area contributed by atoms with Crippen LogP contribution in [0.25, 0.3) is 0 Å². The number of amides is 1. The van der Waals surface area contributed by atoms with E-state index in [1.807, 2.05) is 61.5 Å². The highest BCUT2D eigenvalue weighted by Gasteiger charge is 2.04. The maximum atomic E-state index is 11.6. The molecule has 2 aromatic rings. The van der Waals surface area contributed by atoms with Crippen LogP contribution in [0.1, 0.15) is 11.1 Å². The second-order valence-corrected chi connectivity index (χ2v) is 4.35. The van der Waals surface area contributed by atoms with Crippen molar-refractivity contribution >= 4 is 5.91 Å². The lowest BCUT2D eigenvalue weighted by Gasteiger charge is -2.09. The van der Waals surface area contributed by atoms with Crippen LogP contribution < -0.4 is 10.2 Å². The zero-order chi connectivity index (χ0) is 14.2. The van der Waals surface area contributed by atoms with E-state index in [4.69, 9.17) is 9.57 Å². The van der Waals surface area contributed by atoms with Gasteiger partial charge in [0.15, 0.2) is 6.61 Å². The van der Waals surface area contributed by atoms with Crippen LogP contribution in [0.4, 0.5) is 0 Å². The molecule has 1 amide bonds. The van der Waals surface area contributed by atoms with Crippen LogP contribution in [0, 0.1) is 6.92 Å². The van der Waals surface area contributed by atoms with Crippen LogP contribution in [0.15, 0.2) is 54.6 Å². The standard InChI is InChI=1S/C16H17NO3/c1-13-7-5-6-10-15(13)19-12-16(18)17-20-11-14-8-3-2-4-9-14/h2-10H,11-12H2,1H3,(H,17,18). The first-order chi connectivity index (χ1) is 9.75. The number of hydroxylamine groups is 1. The van der Waals surface area contributed by atoms with E-state index in [-0.39, 0.29) is 12.5 Å². The summed E-state index contributed by atoms with van der Waals surface area (Å²) in [5.74, 6) is 0.384. The van der Waals surface area contributed by atoms with Crippen LogP contribution in [-0.2, 0) is 16.2 Å². The SMILES string of the molecule is Cc1ccccc1OCC(=O)NOCc1ccccc1. The molecule has 0 unspecified atom stereocenters. The van der Waals surface area contributed by atoms with Gasteiger partial charge in [-0.1, -0.05) is 48.5 Å². The topological polar surface area (TPSA) is 47.6 Å². The van der Waals surface area contributed by atoms with Crippen molar-refractivity contribution in [2.24, 2.45) is 0 Å². The Morgan fingerprint density at radius 2 is 1.75 bits per heavy atom. The molecule has 0 aromatic heterocycles. The van der Waals surface area contributed by atoms with Gasteiger partial charge in [0, 0.05) is 0 Å². The largest absolute Gasteiger partial charge is 0.483 e. The van der Waals surface area contributed by atoms with Crippen LogP contribution in [0.5, 0.6) is 5.75 Å². The molecule has 0 saturated heterocycles.